The van der Waals surface area contributed by atoms with Gasteiger partial charge in [0.2, 0.25) is 0 Å². The van der Waals surface area contributed by atoms with Gasteiger partial charge >= 0.3 is 29.2 Å². The molecule has 1 aromatic heterocycles. The fourth-order valence-corrected chi connectivity index (χ4v) is 9.52. The fraction of sp³-hybridized carbons (Fsp3) is 0.667. The zero-order chi connectivity index (χ0) is 32.5. The third-order valence-electron chi connectivity index (χ3n) is 4.49. The topological polar surface area (TPSA) is 242 Å². The summed E-state index contributed by atoms with van der Waals surface area (Å²) in [5.41, 5.74) is -1.64. The lowest BCUT2D eigenvalue weighted by Gasteiger charge is -2.22. The zero-order valence-corrected chi connectivity index (χ0v) is 30.5. The molecule has 0 amide bonds. The molecule has 1 saturated heterocycles. The number of H-pyrrole nitrogens is 1. The van der Waals surface area contributed by atoms with Gasteiger partial charge in [0.25, 0.3) is 5.56 Å². The Morgan fingerprint density at radius 1 is 1.12 bits per heavy atom. The third kappa shape index (κ3) is 15.9. The number of halogens is 1. The number of nitrogens with zero attached hydrogens (tertiary/aromatic N) is 1. The molecule has 0 aliphatic carbocycles. The molecule has 5 atom stereocenters. The van der Waals surface area contributed by atoms with Crippen molar-refractivity contribution in [2.24, 2.45) is 0 Å². The predicted octanol–water partition coefficient (Wildman–Crippen LogP) is 3.75. The first-order valence-corrected chi connectivity index (χ1v) is 23.2. The van der Waals surface area contributed by atoms with Crippen molar-refractivity contribution in [1.29, 1.82) is 0 Å². The minimum absolute atomic E-state index is 0.00170. The van der Waals surface area contributed by atoms with Crippen LogP contribution in [0.1, 0.15) is 39.0 Å². The second-order valence-corrected chi connectivity index (χ2v) is 21.5. The number of ether oxygens (including phenoxy) is 3. The molecule has 0 aromatic carbocycles. The number of nitrogens with one attached hydrogen (secondary N) is 1. The molecule has 0 saturated carbocycles. The normalized spacial score (nSPS) is 22.0. The Kier molecular flexibility index (Phi) is 16.4. The highest BCUT2D eigenvalue weighted by Crippen LogP contribution is 2.66. The minimum atomic E-state index is -5.73. The first kappa shape index (κ1) is 39.8. The summed E-state index contributed by atoms with van der Waals surface area (Å²) in [4.78, 5) is 63.7. The summed E-state index contributed by atoms with van der Waals surface area (Å²) < 4.78 is 64.8. The number of phosphoric acid groups is 3. The molecule has 1 fully saturated rings. The Hall–Kier alpha value is 0.660. The highest BCUT2D eigenvalue weighted by Gasteiger charge is 2.43. The molecule has 0 radical (unpaired) electrons. The van der Waals surface area contributed by atoms with E-state index >= 15 is 0 Å². The average Bonchev–Trinajstić information content (AvgIpc) is 3.23. The molecular weight excluding hydrogens is 832 g/mol. The van der Waals surface area contributed by atoms with Crippen molar-refractivity contribution in [3.05, 3.63) is 32.6 Å². The highest BCUT2D eigenvalue weighted by atomic mass is 127. The van der Waals surface area contributed by atoms with E-state index in [4.69, 9.17) is 28.5 Å². The molecule has 1 aromatic rings. The maximum atomic E-state index is 12.6. The Labute approximate surface area is 273 Å². The van der Waals surface area contributed by atoms with Crippen LogP contribution in [0, 0.1) is 11.8 Å². The van der Waals surface area contributed by atoms with Crippen molar-refractivity contribution in [1.82, 2.24) is 9.55 Å². The summed E-state index contributed by atoms with van der Waals surface area (Å²) in [6.45, 7) is 5.21. The summed E-state index contributed by atoms with van der Waals surface area (Å²) in [5, 5.41) is 0. The number of aromatic nitrogens is 2. The molecule has 17 nitrogen and oxygen atoms in total. The van der Waals surface area contributed by atoms with E-state index in [0.717, 1.165) is 4.57 Å². The molecule has 0 spiro atoms. The summed E-state index contributed by atoms with van der Waals surface area (Å²) in [7, 11) is -10.9. The average molecular weight is 861 g/mol. The molecule has 5 N–H and O–H groups in total. The molecule has 2 rings (SSSR count). The van der Waals surface area contributed by atoms with Crippen LogP contribution < -0.4 is 11.2 Å². The second kappa shape index (κ2) is 17.7. The molecule has 246 valence electrons. The van der Waals surface area contributed by atoms with E-state index in [1.807, 2.05) is 20.8 Å². The van der Waals surface area contributed by atoms with E-state index in [9.17, 15) is 33.1 Å². The first-order valence-electron chi connectivity index (χ1n) is 11.5. The quantitative estimate of drug-likeness (QED) is 0.0397. The monoisotopic (exact) mass is 860 g/mol. The van der Waals surface area contributed by atoms with Crippen molar-refractivity contribution >= 4 is 85.0 Å². The van der Waals surface area contributed by atoms with Crippen LogP contribution >= 0.6 is 85.0 Å². The van der Waals surface area contributed by atoms with E-state index in [1.165, 1.54) is 46.5 Å². The van der Waals surface area contributed by atoms with Gasteiger partial charge in [0.05, 0.1) is 12.7 Å². The smallest absolute Gasteiger partial charge is 0.364 e. The second-order valence-electron chi connectivity index (χ2n) is 9.05. The van der Waals surface area contributed by atoms with E-state index in [1.54, 1.807) is 0 Å². The molecule has 1 aliphatic rings. The van der Waals surface area contributed by atoms with Gasteiger partial charge in [0, 0.05) is 38.6 Å². The lowest BCUT2D eigenvalue weighted by molar-refractivity contribution is -0.0543. The minimum Gasteiger partial charge on any atom is -0.364 e. The van der Waals surface area contributed by atoms with Crippen LogP contribution in [0.25, 0.3) is 0 Å². The molecule has 1 aliphatic heterocycles. The zero-order valence-electron chi connectivity index (χ0n) is 22.4. The van der Waals surface area contributed by atoms with Crippen molar-refractivity contribution in [2.75, 3.05) is 25.1 Å². The van der Waals surface area contributed by atoms with Crippen molar-refractivity contribution in [3.8, 4) is 11.8 Å². The van der Waals surface area contributed by atoms with Crippen molar-refractivity contribution < 1.29 is 60.6 Å². The van der Waals surface area contributed by atoms with Gasteiger partial charge in [0.1, 0.15) is 36.4 Å². The Morgan fingerprint density at radius 2 is 1.81 bits per heavy atom. The van der Waals surface area contributed by atoms with Crippen molar-refractivity contribution in [3.63, 3.8) is 0 Å². The van der Waals surface area contributed by atoms with E-state index < -0.39 is 59.8 Å². The fourth-order valence-electron chi connectivity index (χ4n) is 3.05. The van der Waals surface area contributed by atoms with Gasteiger partial charge in [-0.15, -0.1) is 0 Å². The van der Waals surface area contributed by atoms with Gasteiger partial charge < -0.3 is 33.8 Å². The number of phosphoric ester groups is 1. The van der Waals surface area contributed by atoms with Crippen molar-refractivity contribution in [2.45, 2.75) is 50.4 Å². The van der Waals surface area contributed by atoms with Gasteiger partial charge in [0.15, 0.2) is 0 Å². The molecular formula is C18H28IN2O15P3S4. The largest absolute Gasteiger partial charge is 0.490 e. The van der Waals surface area contributed by atoms with E-state index in [0.29, 0.717) is 5.94 Å². The summed E-state index contributed by atoms with van der Waals surface area (Å²) >= 11 is 2.09. The lowest BCUT2D eigenvalue weighted by atomic mass is 10.2. The lowest BCUT2D eigenvalue weighted by Crippen LogP contribution is -2.33. The maximum absolute atomic E-state index is 12.6. The number of rotatable bonds is 16. The third-order valence-corrected chi connectivity index (χ3v) is 14.5. The number of hydrogen-bond donors (Lipinski definition) is 5. The van der Waals surface area contributed by atoms with Crippen LogP contribution in [-0.2, 0) is 41.1 Å². The van der Waals surface area contributed by atoms with Crippen LogP contribution in [-0.4, -0.2) is 71.2 Å². The number of hydrogen-bond acceptors (Lipinski definition) is 15. The van der Waals surface area contributed by atoms with Crippen LogP contribution in [0.2, 0.25) is 0 Å². The van der Waals surface area contributed by atoms with Crippen LogP contribution in [0.4, 0.5) is 0 Å². The van der Waals surface area contributed by atoms with Crippen LogP contribution in [0.5, 0.6) is 0 Å². The molecule has 0 bridgehead atoms. The maximum Gasteiger partial charge on any atom is 0.490 e. The Balaban J connectivity index is 2.21. The van der Waals surface area contributed by atoms with Gasteiger partial charge in [-0.25, -0.2) is 18.5 Å². The summed E-state index contributed by atoms with van der Waals surface area (Å²) in [5.74, 6) is 5.80. The van der Waals surface area contributed by atoms with Gasteiger partial charge in [-0.2, -0.15) is 8.62 Å². The Bertz CT molecular complexity index is 1410. The summed E-state index contributed by atoms with van der Waals surface area (Å²) in [6.07, 6.45) is -1.91. The van der Waals surface area contributed by atoms with Gasteiger partial charge in [-0.1, -0.05) is 65.0 Å². The van der Waals surface area contributed by atoms with Crippen LogP contribution in [0.15, 0.2) is 15.8 Å². The molecule has 3 unspecified atom stereocenters. The predicted molar refractivity (Wildman–Crippen MR) is 171 cm³/mol. The van der Waals surface area contributed by atoms with E-state index in [-0.39, 0.29) is 29.3 Å². The SMILES string of the molecule is CC(C)(C)SSCOC1C[C@H](n2cc(C#CCOCSSI)c(=O)[nH]c2=O)O[C@@H]1COP(=O)(O)OP(=O)(O)OP(=O)(O)O. The number of aromatic amines is 1. The Morgan fingerprint density at radius 3 is 2.44 bits per heavy atom. The first-order chi connectivity index (χ1) is 19.8. The molecule has 2 heterocycles. The van der Waals surface area contributed by atoms with Gasteiger partial charge in [-0.05, 0) is 7.97 Å². The molecule has 43 heavy (non-hydrogen) atoms. The highest BCUT2D eigenvalue weighted by molar-refractivity contribution is 14.2. The van der Waals surface area contributed by atoms with E-state index in [2.05, 4.69) is 46.7 Å². The van der Waals surface area contributed by atoms with Crippen LogP contribution in [0.3, 0.4) is 0 Å². The molecule has 25 heteroatoms. The summed E-state index contributed by atoms with van der Waals surface area (Å²) in [6, 6.07) is 0. The van der Waals surface area contributed by atoms with Gasteiger partial charge in [-0.3, -0.25) is 18.9 Å². The standard InChI is InChI=1S/C18H28IN2O15P3S4/c1-18(2,3)42-40-11-32-13-7-15(21-8-12(16(22)20-17(21)23)5-4-6-31-10-41-43-19)34-14(13)9-33-38(27,28)36-39(29,30)35-37(24,25)26/h8,13-15H,6-7,9-11H2,1-3H3,(H,27,28)(H,29,30)(H,20,22,23)(H2,24,25,26)/t13?,14-,15-/m1/s1.